The number of carbonyl (C=O) groups is 2. The fourth-order valence-corrected chi connectivity index (χ4v) is 5.35. The van der Waals surface area contributed by atoms with Crippen molar-refractivity contribution < 1.29 is 13.8 Å². The van der Waals surface area contributed by atoms with Crippen LogP contribution in [0.3, 0.4) is 0 Å². The van der Waals surface area contributed by atoms with Crippen LogP contribution in [0, 0.1) is 0 Å². The normalized spacial score (nSPS) is 19.8. The molecular weight excluding hydrogens is 372 g/mol. The molecule has 3 rings (SSSR count). The quantitative estimate of drug-likeness (QED) is 0.520. The van der Waals surface area contributed by atoms with Gasteiger partial charge in [-0.15, -0.1) is 0 Å². The minimum Gasteiger partial charge on any atom is -0.274 e. The van der Waals surface area contributed by atoms with Crippen molar-refractivity contribution in [1.82, 2.24) is 10.4 Å². The predicted octanol–water partition coefficient (Wildman–Crippen LogP) is 3.33. The van der Waals surface area contributed by atoms with Crippen molar-refractivity contribution in [1.29, 1.82) is 0 Å². The lowest BCUT2D eigenvalue weighted by Crippen LogP contribution is -2.71. The summed E-state index contributed by atoms with van der Waals surface area (Å²) in [6, 6.07) is 19.9. The fourth-order valence-electron chi connectivity index (χ4n) is 3.58. The number of nitrogens with one attached hydrogen (secondary N) is 1. The second-order valence-corrected chi connectivity index (χ2v) is 8.93. The smallest absolute Gasteiger partial charge is 0.245 e. The van der Waals surface area contributed by atoms with E-state index in [1.165, 1.54) is 17.5 Å². The summed E-state index contributed by atoms with van der Waals surface area (Å²) in [7, 11) is -1.31. The Hall–Kier alpha value is -2.47. The first-order valence-electron chi connectivity index (χ1n) is 9.58. The highest BCUT2D eigenvalue weighted by molar-refractivity contribution is 7.85. The maximum atomic E-state index is 13.3. The number of β-lactam (4-membered cyclic amide) rings is 1. The molecule has 2 atom stereocenters. The summed E-state index contributed by atoms with van der Waals surface area (Å²) in [5.41, 5.74) is 4.83. The average Bonchev–Trinajstić information content (AvgIpc) is 2.70. The number of carbonyl (C=O) groups excluding carboxylic acids is 2. The topological polar surface area (TPSA) is 66.5 Å². The van der Waals surface area contributed by atoms with Gasteiger partial charge < -0.3 is 0 Å². The first-order valence-corrected chi connectivity index (χ1v) is 10.9. The Kier molecular flexibility index (Phi) is 6.62. The summed E-state index contributed by atoms with van der Waals surface area (Å²) in [5.74, 6) is -0.138. The number of aryl methyl sites for hydroxylation is 1. The monoisotopic (exact) mass is 398 g/mol. The van der Waals surface area contributed by atoms with Crippen LogP contribution in [0.1, 0.15) is 43.7 Å². The SMILES string of the molecule is CC(=O)NN1C(=O)CC1(CCCCc1ccccc1)S(=O)Cc1ccccc1. The molecule has 1 heterocycles. The first kappa shape index (κ1) is 20.3. The van der Waals surface area contributed by atoms with Gasteiger partial charge in [-0.2, -0.15) is 0 Å². The Morgan fingerprint density at radius 2 is 1.64 bits per heavy atom. The van der Waals surface area contributed by atoms with Crippen LogP contribution in [0.5, 0.6) is 0 Å². The number of unbranched alkanes of at least 4 members (excludes halogenated alkanes) is 1. The van der Waals surface area contributed by atoms with E-state index in [1.807, 2.05) is 48.5 Å². The number of benzene rings is 2. The third-order valence-corrected chi connectivity index (χ3v) is 7.02. The molecule has 1 aliphatic rings. The molecule has 2 aromatic carbocycles. The first-order chi connectivity index (χ1) is 13.5. The molecule has 1 saturated heterocycles. The van der Waals surface area contributed by atoms with Gasteiger partial charge in [-0.3, -0.25) is 19.2 Å². The molecule has 148 valence electrons. The average molecular weight is 399 g/mol. The zero-order valence-electron chi connectivity index (χ0n) is 16.1. The largest absolute Gasteiger partial charge is 0.274 e. The Balaban J connectivity index is 1.68. The van der Waals surface area contributed by atoms with Crippen molar-refractivity contribution in [3.05, 3.63) is 71.8 Å². The van der Waals surface area contributed by atoms with Crippen LogP contribution in [0.4, 0.5) is 0 Å². The number of hydrogen-bond donors (Lipinski definition) is 1. The highest BCUT2D eigenvalue weighted by Gasteiger charge is 2.55. The van der Waals surface area contributed by atoms with Crippen molar-refractivity contribution in [3.8, 4) is 0 Å². The standard InChI is InChI=1S/C22H26N2O3S/c1-18(25)23-24-21(26)16-22(24,28(27)17-20-13-6-3-7-14-20)15-9-8-12-19-10-4-2-5-11-19/h2-7,10-11,13-14H,8-9,12,15-17H2,1H3,(H,23,25). The molecule has 0 aromatic heterocycles. The van der Waals surface area contributed by atoms with Crippen LogP contribution in [0.2, 0.25) is 0 Å². The maximum absolute atomic E-state index is 13.3. The number of hydrogen-bond acceptors (Lipinski definition) is 3. The van der Waals surface area contributed by atoms with Crippen LogP contribution in [-0.2, 0) is 32.6 Å². The van der Waals surface area contributed by atoms with E-state index in [0.29, 0.717) is 12.2 Å². The van der Waals surface area contributed by atoms with Crippen molar-refractivity contribution in [2.45, 2.75) is 49.7 Å². The molecule has 1 aliphatic heterocycles. The summed E-state index contributed by atoms with van der Waals surface area (Å²) < 4.78 is 13.3. The van der Waals surface area contributed by atoms with Crippen LogP contribution < -0.4 is 5.43 Å². The molecule has 1 N–H and O–H groups in total. The highest BCUT2D eigenvalue weighted by Crippen LogP contribution is 2.39. The van der Waals surface area contributed by atoms with E-state index in [9.17, 15) is 13.8 Å². The van der Waals surface area contributed by atoms with Gasteiger partial charge in [-0.05, 0) is 36.8 Å². The van der Waals surface area contributed by atoms with Crippen LogP contribution >= 0.6 is 0 Å². The Labute approximate surface area is 168 Å². The van der Waals surface area contributed by atoms with E-state index in [2.05, 4.69) is 17.6 Å². The van der Waals surface area contributed by atoms with Crippen molar-refractivity contribution in [3.63, 3.8) is 0 Å². The summed E-state index contributed by atoms with van der Waals surface area (Å²) in [4.78, 5) is 22.9. The predicted molar refractivity (Wildman–Crippen MR) is 110 cm³/mol. The van der Waals surface area contributed by atoms with Gasteiger partial charge in [0.1, 0.15) is 4.87 Å². The third-order valence-electron chi connectivity index (χ3n) is 5.04. The number of rotatable bonds is 9. The van der Waals surface area contributed by atoms with Crippen LogP contribution in [-0.4, -0.2) is 25.9 Å². The fraction of sp³-hybridized carbons (Fsp3) is 0.364. The second-order valence-electron chi connectivity index (χ2n) is 7.19. The van der Waals surface area contributed by atoms with E-state index in [1.54, 1.807) is 0 Å². The Bertz CT molecular complexity index is 841. The lowest BCUT2D eigenvalue weighted by atomic mass is 9.96. The van der Waals surface area contributed by atoms with Gasteiger partial charge in [0.05, 0.1) is 23.0 Å². The van der Waals surface area contributed by atoms with Gasteiger partial charge in [0.15, 0.2) is 0 Å². The summed E-state index contributed by atoms with van der Waals surface area (Å²) in [5, 5.41) is 1.32. The van der Waals surface area contributed by atoms with Crippen LogP contribution in [0.25, 0.3) is 0 Å². The molecule has 1 fully saturated rings. The molecule has 2 unspecified atom stereocenters. The minimum atomic E-state index is -1.31. The van der Waals surface area contributed by atoms with Crippen molar-refractivity contribution in [2.24, 2.45) is 0 Å². The molecule has 6 heteroatoms. The molecule has 0 saturated carbocycles. The molecule has 28 heavy (non-hydrogen) atoms. The Morgan fingerprint density at radius 1 is 1.04 bits per heavy atom. The minimum absolute atomic E-state index is 0.181. The summed E-state index contributed by atoms with van der Waals surface area (Å²) in [6.45, 7) is 1.37. The molecule has 5 nitrogen and oxygen atoms in total. The maximum Gasteiger partial charge on any atom is 0.245 e. The van der Waals surface area contributed by atoms with Gasteiger partial charge >= 0.3 is 0 Å². The van der Waals surface area contributed by atoms with Gasteiger partial charge in [0.25, 0.3) is 0 Å². The van der Waals surface area contributed by atoms with E-state index < -0.39 is 15.7 Å². The molecule has 2 amide bonds. The van der Waals surface area contributed by atoms with E-state index >= 15 is 0 Å². The highest BCUT2D eigenvalue weighted by atomic mass is 32.2. The molecule has 0 radical (unpaired) electrons. The van der Waals surface area contributed by atoms with Gasteiger partial charge in [0, 0.05) is 6.92 Å². The number of hydrazine groups is 1. The molecule has 0 spiro atoms. The Morgan fingerprint density at radius 3 is 2.21 bits per heavy atom. The summed E-state index contributed by atoms with van der Waals surface area (Å²) >= 11 is 0. The number of amides is 2. The third kappa shape index (κ3) is 4.68. The lowest BCUT2D eigenvalue weighted by molar-refractivity contribution is -0.160. The van der Waals surface area contributed by atoms with Gasteiger partial charge in [0.2, 0.25) is 11.8 Å². The lowest BCUT2D eigenvalue weighted by Gasteiger charge is -2.50. The second kappa shape index (κ2) is 9.15. The van der Waals surface area contributed by atoms with Crippen molar-refractivity contribution >= 4 is 22.6 Å². The summed E-state index contributed by atoms with van der Waals surface area (Å²) in [6.07, 6.45) is 3.52. The number of nitrogens with zero attached hydrogens (tertiary/aromatic N) is 1. The van der Waals surface area contributed by atoms with Gasteiger partial charge in [-0.1, -0.05) is 60.7 Å². The van der Waals surface area contributed by atoms with Crippen molar-refractivity contribution in [2.75, 3.05) is 0 Å². The van der Waals surface area contributed by atoms with E-state index in [4.69, 9.17) is 0 Å². The molecule has 2 aromatic rings. The molecular formula is C22H26N2O3S. The van der Waals surface area contributed by atoms with E-state index in [-0.39, 0.29) is 18.2 Å². The zero-order valence-corrected chi connectivity index (χ0v) is 16.9. The zero-order chi connectivity index (χ0) is 20.0. The van der Waals surface area contributed by atoms with Gasteiger partial charge in [-0.25, -0.2) is 5.01 Å². The molecule has 0 bridgehead atoms. The van der Waals surface area contributed by atoms with E-state index in [0.717, 1.165) is 24.8 Å². The van der Waals surface area contributed by atoms with Crippen LogP contribution in [0.15, 0.2) is 60.7 Å². The molecule has 0 aliphatic carbocycles.